The van der Waals surface area contributed by atoms with Crippen molar-refractivity contribution in [1.82, 2.24) is 24.9 Å². The van der Waals surface area contributed by atoms with Crippen LogP contribution < -0.4 is 5.32 Å². The summed E-state index contributed by atoms with van der Waals surface area (Å²) in [6.45, 7) is 4.12. The SMILES string of the molecule is Cc1c(C(C)NC(=O)CCn2ccc([N+](=O)[O-])n2)cnn1C. The second-order valence-corrected chi connectivity index (χ2v) is 5.04. The average Bonchev–Trinajstić information content (AvgIpc) is 3.05. The Morgan fingerprint density at radius 3 is 2.82 bits per heavy atom. The molecule has 1 atom stereocenters. The Labute approximate surface area is 127 Å². The molecule has 0 saturated heterocycles. The van der Waals surface area contributed by atoms with Gasteiger partial charge in [0.1, 0.15) is 0 Å². The summed E-state index contributed by atoms with van der Waals surface area (Å²) in [5.41, 5.74) is 1.96. The van der Waals surface area contributed by atoms with Crippen LogP contribution in [0.1, 0.15) is 30.6 Å². The van der Waals surface area contributed by atoms with Crippen molar-refractivity contribution in [3.8, 4) is 0 Å². The summed E-state index contributed by atoms with van der Waals surface area (Å²) in [5.74, 6) is -0.367. The van der Waals surface area contributed by atoms with E-state index >= 15 is 0 Å². The van der Waals surface area contributed by atoms with Crippen LogP contribution in [0.15, 0.2) is 18.5 Å². The lowest BCUT2D eigenvalue weighted by molar-refractivity contribution is -0.389. The van der Waals surface area contributed by atoms with Crippen molar-refractivity contribution < 1.29 is 9.72 Å². The highest BCUT2D eigenvalue weighted by Gasteiger charge is 2.16. The molecule has 0 bridgehead atoms. The third kappa shape index (κ3) is 3.48. The molecule has 0 radical (unpaired) electrons. The van der Waals surface area contributed by atoms with Crippen LogP contribution in [0, 0.1) is 17.0 Å². The molecule has 1 amide bonds. The number of nitro groups is 1. The van der Waals surface area contributed by atoms with Crippen molar-refractivity contribution in [2.75, 3.05) is 0 Å². The Morgan fingerprint density at radius 1 is 1.55 bits per heavy atom. The van der Waals surface area contributed by atoms with Crippen LogP contribution in [0.5, 0.6) is 0 Å². The van der Waals surface area contributed by atoms with Gasteiger partial charge in [0.25, 0.3) is 0 Å². The smallest absolute Gasteiger partial charge is 0.358 e. The van der Waals surface area contributed by atoms with Gasteiger partial charge in [0.15, 0.2) is 0 Å². The maximum atomic E-state index is 11.9. The number of amides is 1. The topological polar surface area (TPSA) is 108 Å². The van der Waals surface area contributed by atoms with Gasteiger partial charge in [-0.05, 0) is 18.8 Å². The summed E-state index contributed by atoms with van der Waals surface area (Å²) >= 11 is 0. The zero-order chi connectivity index (χ0) is 16.3. The maximum Gasteiger partial charge on any atom is 0.389 e. The summed E-state index contributed by atoms with van der Waals surface area (Å²) in [6.07, 6.45) is 3.42. The first kappa shape index (κ1) is 15.7. The fourth-order valence-electron chi connectivity index (χ4n) is 2.12. The molecule has 2 aromatic rings. The lowest BCUT2D eigenvalue weighted by Crippen LogP contribution is -2.27. The molecule has 22 heavy (non-hydrogen) atoms. The molecule has 0 aromatic carbocycles. The van der Waals surface area contributed by atoms with Crippen molar-refractivity contribution in [1.29, 1.82) is 0 Å². The van der Waals surface area contributed by atoms with Gasteiger partial charge in [0.05, 0.1) is 36.1 Å². The molecule has 0 aliphatic rings. The van der Waals surface area contributed by atoms with Gasteiger partial charge in [-0.1, -0.05) is 0 Å². The van der Waals surface area contributed by atoms with Crippen LogP contribution in [0.25, 0.3) is 0 Å². The quantitative estimate of drug-likeness (QED) is 0.635. The zero-order valence-electron chi connectivity index (χ0n) is 12.7. The molecule has 2 heterocycles. The van der Waals surface area contributed by atoms with E-state index in [-0.39, 0.29) is 24.2 Å². The molecule has 2 rings (SSSR count). The lowest BCUT2D eigenvalue weighted by atomic mass is 10.1. The first-order chi connectivity index (χ1) is 10.4. The van der Waals surface area contributed by atoms with E-state index in [0.29, 0.717) is 6.54 Å². The first-order valence-electron chi connectivity index (χ1n) is 6.84. The van der Waals surface area contributed by atoms with Crippen molar-refractivity contribution in [2.45, 2.75) is 32.9 Å². The molecular weight excluding hydrogens is 288 g/mol. The van der Waals surface area contributed by atoms with Crippen molar-refractivity contribution in [2.24, 2.45) is 7.05 Å². The van der Waals surface area contributed by atoms with Crippen LogP contribution >= 0.6 is 0 Å². The molecule has 0 spiro atoms. The summed E-state index contributed by atoms with van der Waals surface area (Å²) < 4.78 is 3.14. The van der Waals surface area contributed by atoms with E-state index in [2.05, 4.69) is 15.5 Å². The van der Waals surface area contributed by atoms with E-state index in [1.54, 1.807) is 10.9 Å². The second-order valence-electron chi connectivity index (χ2n) is 5.04. The minimum atomic E-state index is -0.566. The predicted molar refractivity (Wildman–Crippen MR) is 78.0 cm³/mol. The number of rotatable bonds is 6. The molecule has 0 saturated carbocycles. The lowest BCUT2D eigenvalue weighted by Gasteiger charge is -2.13. The Hall–Kier alpha value is -2.71. The molecular formula is C13H18N6O3. The number of hydrogen-bond donors (Lipinski definition) is 1. The van der Waals surface area contributed by atoms with Crippen LogP contribution in [0.4, 0.5) is 5.82 Å². The van der Waals surface area contributed by atoms with Crippen molar-refractivity contribution in [3.63, 3.8) is 0 Å². The van der Waals surface area contributed by atoms with Gasteiger partial charge in [-0.2, -0.15) is 9.78 Å². The fraction of sp³-hybridized carbons (Fsp3) is 0.462. The highest BCUT2D eigenvalue weighted by molar-refractivity contribution is 5.76. The largest absolute Gasteiger partial charge is 0.389 e. The molecule has 118 valence electrons. The molecule has 0 aliphatic carbocycles. The minimum Gasteiger partial charge on any atom is -0.358 e. The minimum absolute atomic E-state index is 0.145. The van der Waals surface area contributed by atoms with Crippen LogP contribution in [-0.2, 0) is 18.4 Å². The normalized spacial score (nSPS) is 12.1. The van der Waals surface area contributed by atoms with Crippen LogP contribution in [0.2, 0.25) is 0 Å². The Morgan fingerprint density at radius 2 is 2.27 bits per heavy atom. The van der Waals surface area contributed by atoms with E-state index in [9.17, 15) is 14.9 Å². The van der Waals surface area contributed by atoms with Crippen LogP contribution in [-0.4, -0.2) is 30.4 Å². The number of aryl methyl sites for hydroxylation is 2. The van der Waals surface area contributed by atoms with Gasteiger partial charge >= 0.3 is 5.82 Å². The Bertz CT molecular complexity index is 690. The van der Waals surface area contributed by atoms with Gasteiger partial charge < -0.3 is 15.4 Å². The molecule has 1 N–H and O–H groups in total. The Balaban J connectivity index is 1.87. The highest BCUT2D eigenvalue weighted by atomic mass is 16.6. The Kier molecular flexibility index (Phi) is 4.54. The van der Waals surface area contributed by atoms with Gasteiger partial charge in [-0.3, -0.25) is 9.48 Å². The zero-order valence-corrected chi connectivity index (χ0v) is 12.7. The molecule has 2 aromatic heterocycles. The highest BCUT2D eigenvalue weighted by Crippen LogP contribution is 2.16. The third-order valence-electron chi connectivity index (χ3n) is 3.50. The van der Waals surface area contributed by atoms with Gasteiger partial charge in [-0.15, -0.1) is 0 Å². The van der Waals surface area contributed by atoms with Gasteiger partial charge in [0.2, 0.25) is 5.91 Å². The standard InChI is InChI=1S/C13H18N6O3/c1-9(11-8-14-17(3)10(11)2)15-13(20)5-7-18-6-4-12(16-18)19(21)22/h4,6,8-9H,5,7H2,1-3H3,(H,15,20). The second kappa shape index (κ2) is 6.37. The monoisotopic (exact) mass is 306 g/mol. The van der Waals surface area contributed by atoms with E-state index in [1.165, 1.54) is 16.9 Å². The van der Waals surface area contributed by atoms with Crippen molar-refractivity contribution >= 4 is 11.7 Å². The maximum absolute atomic E-state index is 11.9. The van der Waals surface area contributed by atoms with E-state index in [1.807, 2.05) is 20.9 Å². The number of nitrogens with zero attached hydrogens (tertiary/aromatic N) is 5. The summed E-state index contributed by atoms with van der Waals surface area (Å²) in [4.78, 5) is 21.9. The van der Waals surface area contributed by atoms with E-state index in [4.69, 9.17) is 0 Å². The summed E-state index contributed by atoms with van der Waals surface area (Å²) in [6, 6.07) is 1.16. The van der Waals surface area contributed by atoms with Crippen LogP contribution in [0.3, 0.4) is 0 Å². The number of carbonyl (C=O) groups excluding carboxylic acids is 1. The third-order valence-corrected chi connectivity index (χ3v) is 3.50. The predicted octanol–water partition coefficient (Wildman–Crippen LogP) is 1.10. The van der Waals surface area contributed by atoms with E-state index < -0.39 is 4.92 Å². The van der Waals surface area contributed by atoms with Gasteiger partial charge in [-0.25, -0.2) is 0 Å². The van der Waals surface area contributed by atoms with E-state index in [0.717, 1.165) is 11.3 Å². The average molecular weight is 306 g/mol. The number of aromatic nitrogens is 4. The summed E-state index contributed by atoms with van der Waals surface area (Å²) in [5, 5.41) is 21.3. The summed E-state index contributed by atoms with van der Waals surface area (Å²) in [7, 11) is 1.85. The molecule has 9 heteroatoms. The number of carbonyl (C=O) groups is 1. The molecule has 0 fully saturated rings. The van der Waals surface area contributed by atoms with Crippen molar-refractivity contribution in [3.05, 3.63) is 39.8 Å². The number of nitrogens with one attached hydrogen (secondary N) is 1. The molecule has 9 nitrogen and oxygen atoms in total. The fourth-order valence-corrected chi connectivity index (χ4v) is 2.12. The van der Waals surface area contributed by atoms with Gasteiger partial charge in [0, 0.05) is 24.7 Å². The number of hydrogen-bond acceptors (Lipinski definition) is 5. The first-order valence-corrected chi connectivity index (χ1v) is 6.84. The molecule has 1 unspecified atom stereocenters. The molecule has 0 aliphatic heterocycles.